The first kappa shape index (κ1) is 22.9. The summed E-state index contributed by atoms with van der Waals surface area (Å²) < 4.78 is 5.84. The van der Waals surface area contributed by atoms with E-state index in [2.05, 4.69) is 57.1 Å². The van der Waals surface area contributed by atoms with Gasteiger partial charge in [0.15, 0.2) is 5.96 Å². The van der Waals surface area contributed by atoms with E-state index >= 15 is 0 Å². The van der Waals surface area contributed by atoms with Gasteiger partial charge in [-0.1, -0.05) is 13.3 Å². The van der Waals surface area contributed by atoms with Crippen LogP contribution in [0.5, 0.6) is 0 Å². The van der Waals surface area contributed by atoms with Crippen LogP contribution in [0.2, 0.25) is 0 Å². The van der Waals surface area contributed by atoms with Crippen molar-refractivity contribution < 1.29 is 4.74 Å². The molecular weight excluding hydrogens is 403 g/mol. The molecule has 0 spiro atoms. The number of ether oxygens (including phenoxy) is 1. The lowest BCUT2D eigenvalue weighted by Gasteiger charge is -2.44. The maximum atomic E-state index is 5.84. The van der Waals surface area contributed by atoms with E-state index in [4.69, 9.17) is 9.73 Å². The van der Waals surface area contributed by atoms with E-state index in [9.17, 15) is 0 Å². The van der Waals surface area contributed by atoms with E-state index in [1.54, 1.807) is 0 Å². The molecule has 1 fully saturated rings. The van der Waals surface area contributed by atoms with Gasteiger partial charge >= 0.3 is 0 Å². The highest BCUT2D eigenvalue weighted by atomic mass is 127. The molecule has 0 bridgehead atoms. The molecule has 6 heteroatoms. The molecule has 0 aromatic heterocycles. The average molecular weight is 440 g/mol. The lowest BCUT2D eigenvalue weighted by atomic mass is 10.0. The molecule has 1 saturated heterocycles. The molecule has 0 aromatic carbocycles. The van der Waals surface area contributed by atoms with Crippen molar-refractivity contribution in [3.8, 4) is 0 Å². The topological polar surface area (TPSA) is 48.9 Å². The van der Waals surface area contributed by atoms with E-state index in [1.807, 2.05) is 0 Å². The Kier molecular flexibility index (Phi) is 11.4. The molecule has 1 heterocycles. The van der Waals surface area contributed by atoms with Crippen LogP contribution >= 0.6 is 24.0 Å². The monoisotopic (exact) mass is 440 g/mol. The first-order valence-electron chi connectivity index (χ1n) is 8.81. The SMILES string of the molecule is CCCCNC(=NCC(C)(C)N1CC(C)OC(C)C1)NCC.I. The number of nitrogens with zero attached hydrogens (tertiary/aromatic N) is 2. The molecule has 138 valence electrons. The summed E-state index contributed by atoms with van der Waals surface area (Å²) in [6, 6.07) is 0. The number of morpholine rings is 1. The van der Waals surface area contributed by atoms with Crippen molar-refractivity contribution in [2.24, 2.45) is 4.99 Å². The third kappa shape index (κ3) is 8.54. The van der Waals surface area contributed by atoms with Crippen LogP contribution in [0.25, 0.3) is 0 Å². The van der Waals surface area contributed by atoms with Gasteiger partial charge in [-0.05, 0) is 41.0 Å². The molecule has 2 atom stereocenters. The normalized spacial score (nSPS) is 23.3. The van der Waals surface area contributed by atoms with E-state index in [0.29, 0.717) is 12.2 Å². The number of hydrogen-bond donors (Lipinski definition) is 2. The molecule has 1 aliphatic rings. The molecule has 2 unspecified atom stereocenters. The lowest BCUT2D eigenvalue weighted by molar-refractivity contribution is -0.0939. The summed E-state index contributed by atoms with van der Waals surface area (Å²) >= 11 is 0. The summed E-state index contributed by atoms with van der Waals surface area (Å²) in [5, 5.41) is 6.74. The Balaban J connectivity index is 0.00000484. The van der Waals surface area contributed by atoms with Crippen LogP contribution in [0.15, 0.2) is 4.99 Å². The summed E-state index contributed by atoms with van der Waals surface area (Å²) in [5.41, 5.74) is 0.0411. The second kappa shape index (κ2) is 11.5. The molecule has 5 nitrogen and oxygen atoms in total. The Labute approximate surface area is 160 Å². The third-order valence-electron chi connectivity index (χ3n) is 4.07. The van der Waals surface area contributed by atoms with Crippen LogP contribution in [0.4, 0.5) is 0 Å². The molecule has 0 radical (unpaired) electrons. The minimum Gasteiger partial charge on any atom is -0.373 e. The highest BCUT2D eigenvalue weighted by molar-refractivity contribution is 14.0. The van der Waals surface area contributed by atoms with Gasteiger partial charge in [-0.15, -0.1) is 24.0 Å². The predicted octanol–water partition coefficient (Wildman–Crippen LogP) is 2.85. The van der Waals surface area contributed by atoms with Crippen LogP contribution in [0.1, 0.15) is 54.4 Å². The summed E-state index contributed by atoms with van der Waals surface area (Å²) in [4.78, 5) is 7.30. The summed E-state index contributed by atoms with van der Waals surface area (Å²) in [7, 11) is 0. The van der Waals surface area contributed by atoms with Crippen LogP contribution in [0.3, 0.4) is 0 Å². The van der Waals surface area contributed by atoms with Gasteiger partial charge in [-0.2, -0.15) is 0 Å². The zero-order valence-corrected chi connectivity index (χ0v) is 18.1. The van der Waals surface area contributed by atoms with Crippen molar-refractivity contribution in [3.05, 3.63) is 0 Å². The molecule has 23 heavy (non-hydrogen) atoms. The fourth-order valence-electron chi connectivity index (χ4n) is 2.77. The van der Waals surface area contributed by atoms with Gasteiger partial charge in [0.2, 0.25) is 0 Å². The zero-order chi connectivity index (χ0) is 16.6. The molecule has 2 N–H and O–H groups in total. The number of rotatable bonds is 7. The Morgan fingerprint density at radius 3 is 2.30 bits per heavy atom. The van der Waals surface area contributed by atoms with Gasteiger partial charge in [0.05, 0.1) is 18.8 Å². The van der Waals surface area contributed by atoms with Gasteiger partial charge in [-0.25, -0.2) is 0 Å². The maximum absolute atomic E-state index is 5.84. The largest absolute Gasteiger partial charge is 0.373 e. The fraction of sp³-hybridized carbons (Fsp3) is 0.941. The second-order valence-electron chi connectivity index (χ2n) is 6.95. The third-order valence-corrected chi connectivity index (χ3v) is 4.07. The molecule has 1 aliphatic heterocycles. The van der Waals surface area contributed by atoms with E-state index in [1.165, 1.54) is 12.8 Å². The standard InChI is InChI=1S/C17H36N4O.HI/c1-7-9-10-19-16(18-8-2)20-13-17(5,6)21-11-14(3)22-15(4)12-21;/h14-15H,7-13H2,1-6H3,(H2,18,19,20);1H. The van der Waals surface area contributed by atoms with Crippen molar-refractivity contribution in [2.75, 3.05) is 32.7 Å². The number of guanidine groups is 1. The first-order valence-corrected chi connectivity index (χ1v) is 8.81. The van der Waals surface area contributed by atoms with Crippen LogP contribution in [0, 0.1) is 0 Å². The first-order chi connectivity index (χ1) is 10.4. The predicted molar refractivity (Wildman–Crippen MR) is 110 cm³/mol. The Hall–Kier alpha value is -0.0800. The molecule has 1 rings (SSSR count). The minimum absolute atomic E-state index is 0. The molecule has 0 amide bonds. The summed E-state index contributed by atoms with van der Waals surface area (Å²) in [5.74, 6) is 0.929. The van der Waals surface area contributed by atoms with Crippen molar-refractivity contribution in [3.63, 3.8) is 0 Å². The van der Waals surface area contributed by atoms with Gasteiger partial charge in [0, 0.05) is 31.7 Å². The van der Waals surface area contributed by atoms with Crippen LogP contribution < -0.4 is 10.6 Å². The molecule has 0 saturated carbocycles. The highest BCUT2D eigenvalue weighted by Gasteiger charge is 2.33. The van der Waals surface area contributed by atoms with E-state index in [0.717, 1.165) is 38.7 Å². The minimum atomic E-state index is 0. The number of aliphatic imine (C=N–C) groups is 1. The number of halogens is 1. The fourth-order valence-corrected chi connectivity index (χ4v) is 2.77. The Morgan fingerprint density at radius 1 is 1.17 bits per heavy atom. The smallest absolute Gasteiger partial charge is 0.191 e. The summed E-state index contributed by atoms with van der Waals surface area (Å²) in [6.07, 6.45) is 2.96. The van der Waals surface area contributed by atoms with Crippen molar-refractivity contribution >= 4 is 29.9 Å². The van der Waals surface area contributed by atoms with Crippen molar-refractivity contribution in [2.45, 2.75) is 72.1 Å². The lowest BCUT2D eigenvalue weighted by Crippen LogP contribution is -2.56. The molecule has 0 aromatic rings. The Morgan fingerprint density at radius 2 is 1.78 bits per heavy atom. The quantitative estimate of drug-likeness (QED) is 0.277. The number of nitrogens with one attached hydrogen (secondary N) is 2. The number of hydrogen-bond acceptors (Lipinski definition) is 3. The number of unbranched alkanes of at least 4 members (excludes halogenated alkanes) is 1. The van der Waals surface area contributed by atoms with Gasteiger partial charge < -0.3 is 15.4 Å². The van der Waals surface area contributed by atoms with Crippen LogP contribution in [-0.4, -0.2) is 61.3 Å². The average Bonchev–Trinajstić information content (AvgIpc) is 2.44. The molecular formula is C17H37IN4O. The highest BCUT2D eigenvalue weighted by Crippen LogP contribution is 2.21. The van der Waals surface area contributed by atoms with Gasteiger partial charge in [0.25, 0.3) is 0 Å². The zero-order valence-electron chi connectivity index (χ0n) is 15.8. The molecule has 0 aliphatic carbocycles. The summed E-state index contributed by atoms with van der Waals surface area (Å²) in [6.45, 7) is 17.8. The second-order valence-corrected chi connectivity index (χ2v) is 6.95. The van der Waals surface area contributed by atoms with Crippen LogP contribution in [-0.2, 0) is 4.74 Å². The van der Waals surface area contributed by atoms with E-state index in [-0.39, 0.29) is 29.5 Å². The van der Waals surface area contributed by atoms with Crippen molar-refractivity contribution in [1.82, 2.24) is 15.5 Å². The Bertz CT molecular complexity index is 339. The maximum Gasteiger partial charge on any atom is 0.191 e. The van der Waals surface area contributed by atoms with Gasteiger partial charge in [-0.3, -0.25) is 9.89 Å². The van der Waals surface area contributed by atoms with Gasteiger partial charge in [0.1, 0.15) is 0 Å². The van der Waals surface area contributed by atoms with E-state index < -0.39 is 0 Å². The van der Waals surface area contributed by atoms with Crippen molar-refractivity contribution in [1.29, 1.82) is 0 Å².